The predicted molar refractivity (Wildman–Crippen MR) is 223 cm³/mol. The highest BCUT2D eigenvalue weighted by Gasteiger charge is 2.28. The lowest BCUT2D eigenvalue weighted by Crippen LogP contribution is -2.47. The third-order valence-corrected chi connectivity index (χ3v) is 11.6. The number of allylic oxidation sites excluding steroid dienone is 1. The fourth-order valence-corrected chi connectivity index (χ4v) is 8.31. The average Bonchev–Trinajstić information content (AvgIpc) is 3.49. The fourth-order valence-electron chi connectivity index (χ4n) is 8.31. The third-order valence-electron chi connectivity index (χ3n) is 11.6. The van der Waals surface area contributed by atoms with E-state index < -0.39 is 11.6 Å². The Kier molecular flexibility index (Phi) is 11.1. The van der Waals surface area contributed by atoms with Crippen LogP contribution in [-0.4, -0.2) is 89.9 Å². The first kappa shape index (κ1) is 38.9. The maximum atomic E-state index is 13.4. The van der Waals surface area contributed by atoms with Gasteiger partial charge in [0.15, 0.2) is 11.5 Å². The van der Waals surface area contributed by atoms with Crippen LogP contribution in [0.15, 0.2) is 84.4 Å². The summed E-state index contributed by atoms with van der Waals surface area (Å²) in [5, 5.41) is 19.9. The molecule has 5 aromatic rings. The van der Waals surface area contributed by atoms with Crippen molar-refractivity contribution in [3.05, 3.63) is 101 Å². The van der Waals surface area contributed by atoms with Gasteiger partial charge < -0.3 is 25.5 Å². The summed E-state index contributed by atoms with van der Waals surface area (Å²) < 4.78 is 3.17. The Morgan fingerprint density at radius 2 is 1.64 bits per heavy atom. The van der Waals surface area contributed by atoms with Crippen LogP contribution >= 0.6 is 0 Å². The summed E-state index contributed by atoms with van der Waals surface area (Å²) >= 11 is 0. The van der Waals surface area contributed by atoms with Crippen molar-refractivity contribution >= 4 is 46.0 Å². The summed E-state index contributed by atoms with van der Waals surface area (Å²) in [4.78, 5) is 60.5. The first-order valence-corrected chi connectivity index (χ1v) is 20.2. The lowest BCUT2D eigenvalue weighted by molar-refractivity contribution is -0.133. The number of pyridine rings is 2. The fraction of sp³-hybridized carbons (Fsp3) is 0.419. The van der Waals surface area contributed by atoms with Gasteiger partial charge in [0.1, 0.15) is 22.8 Å². The normalized spacial score (nSPS) is 18.7. The van der Waals surface area contributed by atoms with E-state index >= 15 is 0 Å². The first-order chi connectivity index (χ1) is 28.0. The molecule has 1 atom stereocenters. The van der Waals surface area contributed by atoms with Crippen LogP contribution < -0.4 is 26.4 Å². The predicted octanol–water partition coefficient (Wildman–Crippen LogP) is 4.84. The van der Waals surface area contributed by atoms with Crippen molar-refractivity contribution in [2.45, 2.75) is 76.5 Å². The highest BCUT2D eigenvalue weighted by Crippen LogP contribution is 2.31. The van der Waals surface area contributed by atoms with Crippen molar-refractivity contribution in [1.82, 2.24) is 39.5 Å². The second kappa shape index (κ2) is 16.5. The van der Waals surface area contributed by atoms with Crippen molar-refractivity contribution in [3.8, 4) is 5.82 Å². The second-order valence-electron chi connectivity index (χ2n) is 16.2. The van der Waals surface area contributed by atoms with Gasteiger partial charge >= 0.3 is 0 Å². The van der Waals surface area contributed by atoms with Gasteiger partial charge in [-0.1, -0.05) is 24.3 Å². The van der Waals surface area contributed by atoms with Gasteiger partial charge in [0.25, 0.3) is 5.56 Å². The Labute approximate surface area is 337 Å². The minimum Gasteiger partial charge on any atom is -0.384 e. The molecule has 4 N–H and O–H groups in total. The lowest BCUT2D eigenvalue weighted by atomic mass is 9.88. The van der Waals surface area contributed by atoms with Gasteiger partial charge in [0.05, 0.1) is 24.1 Å². The van der Waals surface area contributed by atoms with E-state index in [9.17, 15) is 19.5 Å². The number of nitrogens with zero attached hydrogens (tertiary/aromatic N) is 8. The van der Waals surface area contributed by atoms with E-state index in [-0.39, 0.29) is 23.9 Å². The van der Waals surface area contributed by atoms with Gasteiger partial charge in [0, 0.05) is 37.9 Å². The standard InChI is InChI=1S/C43H51N11O4/c1-4-20-53-41(57)33-26-45-42(50-39(33)54(53)37-7-5-6-35(48-37)43(2,3)58)47-31-10-8-29(9-11-31)30-18-21-51(22-19-30)27-28-16-23-52(24-17-28)36-14-12-32(25-44-36)46-34-13-15-38(55)49-40(34)56/h4-12,14,25-26,28,30,34,46,58H,1,13,15-24,27H2,2-3H3,(H,45,47,50)(H,49,55,56). The van der Waals surface area contributed by atoms with Gasteiger partial charge in [-0.25, -0.2) is 24.3 Å². The minimum atomic E-state index is -1.16. The Morgan fingerprint density at radius 3 is 2.33 bits per heavy atom. The largest absolute Gasteiger partial charge is 0.384 e. The molecule has 0 bridgehead atoms. The van der Waals surface area contributed by atoms with Crippen LogP contribution in [0, 0.1) is 5.92 Å². The van der Waals surface area contributed by atoms with Crippen LogP contribution in [0.5, 0.6) is 0 Å². The lowest BCUT2D eigenvalue weighted by Gasteiger charge is -2.38. The van der Waals surface area contributed by atoms with Crippen molar-refractivity contribution in [2.24, 2.45) is 5.92 Å². The van der Waals surface area contributed by atoms with Gasteiger partial charge in [-0.15, -0.1) is 6.58 Å². The monoisotopic (exact) mass is 785 g/mol. The van der Waals surface area contributed by atoms with E-state index in [0.717, 1.165) is 75.6 Å². The number of fused-ring (bicyclic) bond motifs is 1. The number of anilines is 4. The van der Waals surface area contributed by atoms with Crippen molar-refractivity contribution in [2.75, 3.05) is 48.3 Å². The molecule has 15 nitrogen and oxygen atoms in total. The van der Waals surface area contributed by atoms with Crippen LogP contribution in [0.1, 0.15) is 69.5 Å². The SMILES string of the molecule is C=CCn1c(=O)c2cnc(Nc3ccc(C4CCN(CC5CCN(c6ccc(NC7CCC(=O)NC7=O)cn6)CC5)CC4)cc3)nc2n1-c1cccc(C(C)(C)O)n1. The average molecular weight is 786 g/mol. The smallest absolute Gasteiger partial charge is 0.278 e. The molecule has 1 unspecified atom stereocenters. The zero-order chi connectivity index (χ0) is 40.4. The zero-order valence-electron chi connectivity index (χ0n) is 33.1. The highest BCUT2D eigenvalue weighted by atomic mass is 16.3. The number of carbonyl (C=O) groups is 2. The van der Waals surface area contributed by atoms with Crippen molar-refractivity contribution in [3.63, 3.8) is 0 Å². The van der Waals surface area contributed by atoms with E-state index in [2.05, 4.69) is 71.5 Å². The second-order valence-corrected chi connectivity index (χ2v) is 16.2. The molecule has 0 radical (unpaired) electrons. The summed E-state index contributed by atoms with van der Waals surface area (Å²) in [5.41, 5.74) is 2.42. The van der Waals surface area contributed by atoms with Crippen molar-refractivity contribution < 1.29 is 14.7 Å². The van der Waals surface area contributed by atoms with Crippen molar-refractivity contribution in [1.29, 1.82) is 0 Å². The molecule has 15 heteroatoms. The van der Waals surface area contributed by atoms with Crippen LogP contribution in [0.2, 0.25) is 0 Å². The van der Waals surface area contributed by atoms with E-state index in [1.807, 2.05) is 12.1 Å². The molecule has 4 aromatic heterocycles. The van der Waals surface area contributed by atoms with Gasteiger partial charge in [-0.05, 0) is 113 Å². The maximum Gasteiger partial charge on any atom is 0.278 e. The van der Waals surface area contributed by atoms with Gasteiger partial charge in [0.2, 0.25) is 17.8 Å². The minimum absolute atomic E-state index is 0.219. The number of carbonyl (C=O) groups excluding carboxylic acids is 2. The molecular formula is C43H51N11O4. The molecule has 3 saturated heterocycles. The first-order valence-electron chi connectivity index (χ1n) is 20.2. The van der Waals surface area contributed by atoms with E-state index in [1.54, 1.807) is 49.0 Å². The third kappa shape index (κ3) is 8.50. The summed E-state index contributed by atoms with van der Waals surface area (Å²) in [6.45, 7) is 12.7. The number of benzene rings is 1. The van der Waals surface area contributed by atoms with Gasteiger partial charge in [-0.3, -0.25) is 19.7 Å². The molecule has 302 valence electrons. The quantitative estimate of drug-likeness (QED) is 0.100. The Hall–Kier alpha value is -5.93. The summed E-state index contributed by atoms with van der Waals surface area (Å²) in [6, 6.07) is 17.4. The topological polar surface area (TPSA) is 175 Å². The number of rotatable bonds is 12. The zero-order valence-corrected chi connectivity index (χ0v) is 33.1. The molecule has 7 heterocycles. The van der Waals surface area contributed by atoms with E-state index in [4.69, 9.17) is 4.98 Å². The Balaban J connectivity index is 0.832. The molecule has 2 amide bonds. The maximum absolute atomic E-state index is 13.4. The van der Waals surface area contributed by atoms with Crippen LogP contribution in [0.4, 0.5) is 23.1 Å². The number of amides is 2. The Bertz CT molecular complexity index is 2330. The number of aromatic nitrogens is 6. The summed E-state index contributed by atoms with van der Waals surface area (Å²) in [5.74, 6) is 2.44. The molecule has 0 spiro atoms. The molecule has 3 fully saturated rings. The van der Waals surface area contributed by atoms with Gasteiger partial charge in [-0.2, -0.15) is 4.98 Å². The highest BCUT2D eigenvalue weighted by molar-refractivity contribution is 6.01. The Morgan fingerprint density at radius 1 is 0.879 bits per heavy atom. The molecule has 3 aliphatic heterocycles. The molecule has 58 heavy (non-hydrogen) atoms. The number of nitrogens with one attached hydrogen (secondary N) is 3. The summed E-state index contributed by atoms with van der Waals surface area (Å²) in [7, 11) is 0. The number of hydrogen-bond donors (Lipinski definition) is 4. The number of hydrogen-bond acceptors (Lipinski definition) is 12. The molecule has 3 aliphatic rings. The van der Waals surface area contributed by atoms with Crippen LogP contribution in [0.25, 0.3) is 16.9 Å². The van der Waals surface area contributed by atoms with E-state index in [1.165, 1.54) is 16.4 Å². The molecule has 0 saturated carbocycles. The molecule has 1 aromatic carbocycles. The number of aliphatic hydroxyl groups is 1. The van der Waals surface area contributed by atoms with E-state index in [0.29, 0.717) is 53.2 Å². The molecule has 0 aliphatic carbocycles. The number of imide groups is 1. The number of piperidine rings is 3. The van der Waals surface area contributed by atoms with Crippen LogP contribution in [-0.2, 0) is 21.7 Å². The molecular weight excluding hydrogens is 735 g/mol. The summed E-state index contributed by atoms with van der Waals surface area (Å²) in [6.07, 6.45) is 10.3. The number of likely N-dealkylation sites (tertiary alicyclic amines) is 1. The molecule has 8 rings (SSSR count). The van der Waals surface area contributed by atoms with Crippen LogP contribution in [0.3, 0.4) is 0 Å².